The van der Waals surface area contributed by atoms with Gasteiger partial charge >= 0.3 is 5.97 Å². The van der Waals surface area contributed by atoms with E-state index in [1.165, 1.54) is 0 Å². The highest BCUT2D eigenvalue weighted by molar-refractivity contribution is 5.75. The van der Waals surface area contributed by atoms with Crippen LogP contribution in [0.4, 0.5) is 8.78 Å². The number of carbonyl (C=O) groups is 1. The van der Waals surface area contributed by atoms with Gasteiger partial charge in [0.15, 0.2) is 0 Å². The summed E-state index contributed by atoms with van der Waals surface area (Å²) in [4.78, 5) is 10.5. The van der Waals surface area contributed by atoms with Gasteiger partial charge in [0.05, 0.1) is 5.92 Å². The first kappa shape index (κ1) is 9.12. The number of hydrogen-bond donors (Lipinski definition) is 1. The second kappa shape index (κ2) is 3.04. The lowest BCUT2D eigenvalue weighted by Gasteiger charge is -2.00. The van der Waals surface area contributed by atoms with Crippen LogP contribution in [0.5, 0.6) is 0 Å². The van der Waals surface area contributed by atoms with Crippen molar-refractivity contribution in [2.75, 3.05) is 0 Å². The topological polar surface area (TPSA) is 37.3 Å². The van der Waals surface area contributed by atoms with Crippen LogP contribution in [0.15, 0.2) is 18.2 Å². The Morgan fingerprint density at radius 3 is 2.71 bits per heavy atom. The van der Waals surface area contributed by atoms with E-state index in [0.717, 1.165) is 18.2 Å². The van der Waals surface area contributed by atoms with Crippen LogP contribution in [-0.2, 0) is 4.79 Å². The molecule has 1 aromatic rings. The lowest BCUT2D eigenvalue weighted by atomic mass is 10.1. The molecule has 1 aromatic carbocycles. The Bertz CT molecular complexity index is 390. The van der Waals surface area contributed by atoms with Gasteiger partial charge in [-0.15, -0.1) is 0 Å². The van der Waals surface area contributed by atoms with Crippen LogP contribution in [-0.4, -0.2) is 11.1 Å². The maximum atomic E-state index is 13.1. The van der Waals surface area contributed by atoms with Crippen molar-refractivity contribution in [3.63, 3.8) is 0 Å². The molecule has 1 saturated carbocycles. The van der Waals surface area contributed by atoms with Gasteiger partial charge in [0.25, 0.3) is 0 Å². The van der Waals surface area contributed by atoms with E-state index in [1.807, 2.05) is 0 Å². The van der Waals surface area contributed by atoms with Gasteiger partial charge in [-0.3, -0.25) is 4.79 Å². The molecule has 0 bridgehead atoms. The maximum Gasteiger partial charge on any atom is 0.307 e. The van der Waals surface area contributed by atoms with Crippen LogP contribution < -0.4 is 0 Å². The van der Waals surface area contributed by atoms with E-state index in [9.17, 15) is 13.6 Å². The van der Waals surface area contributed by atoms with Gasteiger partial charge in [-0.1, -0.05) is 0 Å². The third kappa shape index (κ3) is 1.47. The van der Waals surface area contributed by atoms with Crippen LogP contribution in [0.25, 0.3) is 0 Å². The predicted octanol–water partition coefficient (Wildman–Crippen LogP) is 2.15. The summed E-state index contributed by atoms with van der Waals surface area (Å²) in [5.74, 6) is -2.91. The lowest BCUT2D eigenvalue weighted by Crippen LogP contribution is -2.00. The molecule has 14 heavy (non-hydrogen) atoms. The third-order valence-electron chi connectivity index (χ3n) is 2.47. The molecule has 0 aromatic heterocycles. The molecule has 0 spiro atoms. The quantitative estimate of drug-likeness (QED) is 0.790. The zero-order valence-electron chi connectivity index (χ0n) is 7.21. The van der Waals surface area contributed by atoms with Crippen molar-refractivity contribution in [2.24, 2.45) is 5.92 Å². The highest BCUT2D eigenvalue weighted by Gasteiger charge is 2.45. The maximum absolute atomic E-state index is 13.1. The Morgan fingerprint density at radius 2 is 2.14 bits per heavy atom. The number of hydrogen-bond acceptors (Lipinski definition) is 1. The molecule has 74 valence electrons. The number of carboxylic acid groups (broad SMARTS) is 1. The zero-order valence-corrected chi connectivity index (χ0v) is 7.21. The van der Waals surface area contributed by atoms with Crippen molar-refractivity contribution in [1.29, 1.82) is 0 Å². The lowest BCUT2D eigenvalue weighted by molar-refractivity contribution is -0.138. The van der Waals surface area contributed by atoms with Crippen molar-refractivity contribution in [2.45, 2.75) is 12.3 Å². The monoisotopic (exact) mass is 198 g/mol. The number of benzene rings is 1. The molecule has 0 amide bonds. The van der Waals surface area contributed by atoms with Crippen molar-refractivity contribution < 1.29 is 18.7 Å². The van der Waals surface area contributed by atoms with Gasteiger partial charge in [0.2, 0.25) is 0 Å². The minimum atomic E-state index is -0.946. The van der Waals surface area contributed by atoms with E-state index in [-0.39, 0.29) is 11.5 Å². The molecule has 1 aliphatic carbocycles. The van der Waals surface area contributed by atoms with E-state index in [2.05, 4.69) is 0 Å². The SMILES string of the molecule is O=C(O)[C@@H]1C[C@H]1c1cc(F)ccc1F. The first-order chi connectivity index (χ1) is 6.59. The predicted molar refractivity (Wildman–Crippen MR) is 44.8 cm³/mol. The van der Waals surface area contributed by atoms with E-state index in [4.69, 9.17) is 5.11 Å². The van der Waals surface area contributed by atoms with Crippen LogP contribution in [0.2, 0.25) is 0 Å². The molecule has 0 heterocycles. The average Bonchev–Trinajstić information content (AvgIpc) is 2.88. The summed E-state index contributed by atoms with van der Waals surface area (Å²) in [5, 5.41) is 8.63. The molecule has 2 rings (SSSR count). The molecule has 1 N–H and O–H groups in total. The van der Waals surface area contributed by atoms with Crippen LogP contribution in [0.1, 0.15) is 17.9 Å². The summed E-state index contributed by atoms with van der Waals surface area (Å²) in [5.41, 5.74) is 0.178. The minimum absolute atomic E-state index is 0.178. The van der Waals surface area contributed by atoms with Crippen LogP contribution >= 0.6 is 0 Å². The molecule has 0 saturated heterocycles. The number of rotatable bonds is 2. The normalized spacial score (nSPS) is 24.7. The van der Waals surface area contributed by atoms with Crippen molar-refractivity contribution in [1.82, 2.24) is 0 Å². The van der Waals surface area contributed by atoms with Crippen molar-refractivity contribution >= 4 is 5.97 Å². The Morgan fingerprint density at radius 1 is 1.43 bits per heavy atom. The first-order valence-electron chi connectivity index (χ1n) is 4.27. The molecule has 4 heteroatoms. The smallest absolute Gasteiger partial charge is 0.307 e. The minimum Gasteiger partial charge on any atom is -0.481 e. The Hall–Kier alpha value is -1.45. The summed E-state index contributed by atoms with van der Waals surface area (Å²) in [7, 11) is 0. The molecule has 0 unspecified atom stereocenters. The summed E-state index contributed by atoms with van der Waals surface area (Å²) < 4.78 is 25.9. The second-order valence-electron chi connectivity index (χ2n) is 3.45. The molecule has 0 radical (unpaired) electrons. The Labute approximate surface area is 79.2 Å². The number of carboxylic acids is 1. The van der Waals surface area contributed by atoms with E-state index in [0.29, 0.717) is 6.42 Å². The van der Waals surface area contributed by atoms with Gasteiger partial charge in [-0.25, -0.2) is 8.78 Å². The third-order valence-corrected chi connectivity index (χ3v) is 2.47. The van der Waals surface area contributed by atoms with Gasteiger partial charge < -0.3 is 5.11 Å². The summed E-state index contributed by atoms with van der Waals surface area (Å²) >= 11 is 0. The second-order valence-corrected chi connectivity index (χ2v) is 3.45. The molecule has 1 aliphatic rings. The highest BCUT2D eigenvalue weighted by atomic mass is 19.1. The van der Waals surface area contributed by atoms with Gasteiger partial charge in [-0.2, -0.15) is 0 Å². The van der Waals surface area contributed by atoms with E-state index < -0.39 is 23.5 Å². The summed E-state index contributed by atoms with van der Waals surface area (Å²) in [6, 6.07) is 3.13. The highest BCUT2D eigenvalue weighted by Crippen LogP contribution is 2.48. The Kier molecular flexibility index (Phi) is 1.98. The van der Waals surface area contributed by atoms with E-state index in [1.54, 1.807) is 0 Å². The number of halogens is 2. The molecule has 2 atom stereocenters. The van der Waals surface area contributed by atoms with Gasteiger partial charge in [-0.05, 0) is 30.2 Å². The standard InChI is InChI=1S/C10H8F2O2/c11-5-1-2-9(12)7(3-5)6-4-8(6)10(13)14/h1-3,6,8H,4H2,(H,13,14)/t6-,8+/m0/s1. The number of aliphatic carboxylic acids is 1. The van der Waals surface area contributed by atoms with Crippen LogP contribution in [0, 0.1) is 17.6 Å². The molecule has 0 aliphatic heterocycles. The van der Waals surface area contributed by atoms with Crippen LogP contribution in [0.3, 0.4) is 0 Å². The molecule has 2 nitrogen and oxygen atoms in total. The fourth-order valence-corrected chi connectivity index (χ4v) is 1.61. The van der Waals surface area contributed by atoms with E-state index >= 15 is 0 Å². The largest absolute Gasteiger partial charge is 0.481 e. The van der Waals surface area contributed by atoms with Gasteiger partial charge in [0, 0.05) is 5.92 Å². The first-order valence-corrected chi connectivity index (χ1v) is 4.27. The molecule has 1 fully saturated rings. The van der Waals surface area contributed by atoms with Gasteiger partial charge in [0.1, 0.15) is 11.6 Å². The van der Waals surface area contributed by atoms with Crippen molar-refractivity contribution in [3.8, 4) is 0 Å². The Balaban J connectivity index is 2.26. The molecular weight excluding hydrogens is 190 g/mol. The summed E-state index contributed by atoms with van der Waals surface area (Å²) in [6.45, 7) is 0. The fraction of sp³-hybridized carbons (Fsp3) is 0.300. The summed E-state index contributed by atoms with van der Waals surface area (Å²) in [6.07, 6.45) is 0.399. The van der Waals surface area contributed by atoms with Crippen molar-refractivity contribution in [3.05, 3.63) is 35.4 Å². The zero-order chi connectivity index (χ0) is 10.3. The molecular formula is C10H8F2O2. The fourth-order valence-electron chi connectivity index (χ4n) is 1.61. The average molecular weight is 198 g/mol.